The van der Waals surface area contributed by atoms with Crippen LogP contribution in [0.1, 0.15) is 29.3 Å². The molecule has 0 spiro atoms. The highest BCUT2D eigenvalue weighted by atomic mass is 32.2. The summed E-state index contributed by atoms with van der Waals surface area (Å²) in [6.07, 6.45) is 1.62. The van der Waals surface area contributed by atoms with Crippen LogP contribution in [0, 0.1) is 6.92 Å². The number of sulfonamides is 1. The van der Waals surface area contributed by atoms with Crippen molar-refractivity contribution in [1.82, 2.24) is 9.29 Å². The summed E-state index contributed by atoms with van der Waals surface area (Å²) >= 11 is 0. The van der Waals surface area contributed by atoms with Gasteiger partial charge in [0, 0.05) is 36.1 Å². The molecule has 130 valence electrons. The number of rotatable bonds is 3. The molecule has 0 fully saturated rings. The Labute approximate surface area is 148 Å². The van der Waals surface area contributed by atoms with E-state index in [-0.39, 0.29) is 0 Å². The minimum Gasteiger partial charge on any atom is -0.358 e. The van der Waals surface area contributed by atoms with Crippen molar-refractivity contribution in [3.05, 3.63) is 64.8 Å². The van der Waals surface area contributed by atoms with Crippen LogP contribution in [0.4, 0.5) is 0 Å². The number of fused-ring (bicyclic) bond motifs is 3. The molecule has 0 atom stereocenters. The van der Waals surface area contributed by atoms with Crippen molar-refractivity contribution in [3.63, 3.8) is 0 Å². The van der Waals surface area contributed by atoms with Gasteiger partial charge in [-0.1, -0.05) is 30.7 Å². The Morgan fingerprint density at radius 3 is 2.60 bits per heavy atom. The van der Waals surface area contributed by atoms with Gasteiger partial charge in [0.1, 0.15) is 0 Å². The second kappa shape index (κ2) is 6.00. The van der Waals surface area contributed by atoms with Gasteiger partial charge >= 0.3 is 0 Å². The van der Waals surface area contributed by atoms with E-state index in [1.807, 2.05) is 12.1 Å². The molecule has 1 aromatic heterocycles. The maximum absolute atomic E-state index is 13.0. The van der Waals surface area contributed by atoms with Gasteiger partial charge in [0.05, 0.1) is 4.90 Å². The number of hydrogen-bond donors (Lipinski definition) is 1. The average Bonchev–Trinajstić information content (AvgIpc) is 2.99. The molecule has 1 aliphatic rings. The van der Waals surface area contributed by atoms with E-state index in [1.165, 1.54) is 5.56 Å². The molecule has 3 aromatic rings. The lowest BCUT2D eigenvalue weighted by Crippen LogP contribution is -2.35. The SMILES string of the molecule is CCc1ccc(S(=O)(=O)N2CCc3[nH]c4ccc(C)cc4c3C2)cc1. The molecule has 0 unspecified atom stereocenters. The zero-order valence-electron chi connectivity index (χ0n) is 14.5. The molecule has 0 saturated carbocycles. The van der Waals surface area contributed by atoms with Crippen LogP contribution in [0.15, 0.2) is 47.4 Å². The van der Waals surface area contributed by atoms with Gasteiger partial charge in [0.25, 0.3) is 0 Å². The van der Waals surface area contributed by atoms with Gasteiger partial charge in [-0.3, -0.25) is 0 Å². The zero-order valence-corrected chi connectivity index (χ0v) is 15.4. The first-order valence-electron chi connectivity index (χ1n) is 8.68. The fourth-order valence-corrected chi connectivity index (χ4v) is 4.96. The van der Waals surface area contributed by atoms with Crippen LogP contribution in [-0.2, 0) is 29.4 Å². The van der Waals surface area contributed by atoms with Crippen LogP contribution in [-0.4, -0.2) is 24.3 Å². The second-order valence-electron chi connectivity index (χ2n) is 6.72. The van der Waals surface area contributed by atoms with E-state index in [2.05, 4.69) is 37.0 Å². The quantitative estimate of drug-likeness (QED) is 0.778. The average molecular weight is 354 g/mol. The largest absolute Gasteiger partial charge is 0.358 e. The molecule has 2 heterocycles. The maximum Gasteiger partial charge on any atom is 0.243 e. The van der Waals surface area contributed by atoms with Gasteiger partial charge in [0.2, 0.25) is 10.0 Å². The van der Waals surface area contributed by atoms with Crippen LogP contribution >= 0.6 is 0 Å². The lowest BCUT2D eigenvalue weighted by molar-refractivity contribution is 0.391. The van der Waals surface area contributed by atoms with Crippen molar-refractivity contribution in [2.45, 2.75) is 38.1 Å². The smallest absolute Gasteiger partial charge is 0.243 e. The third kappa shape index (κ3) is 2.77. The van der Waals surface area contributed by atoms with Crippen molar-refractivity contribution < 1.29 is 8.42 Å². The number of nitrogens with zero attached hydrogens (tertiary/aromatic N) is 1. The van der Waals surface area contributed by atoms with Gasteiger partial charge in [-0.05, 0) is 48.7 Å². The summed E-state index contributed by atoms with van der Waals surface area (Å²) in [5.74, 6) is 0. The Kier molecular flexibility index (Phi) is 3.93. The van der Waals surface area contributed by atoms with E-state index in [9.17, 15) is 8.42 Å². The van der Waals surface area contributed by atoms with E-state index in [0.717, 1.165) is 40.6 Å². The molecular formula is C20H22N2O2S. The van der Waals surface area contributed by atoms with Crippen LogP contribution in [0.3, 0.4) is 0 Å². The summed E-state index contributed by atoms with van der Waals surface area (Å²) in [7, 11) is -3.47. The van der Waals surface area contributed by atoms with E-state index in [0.29, 0.717) is 18.0 Å². The van der Waals surface area contributed by atoms with Crippen molar-refractivity contribution in [3.8, 4) is 0 Å². The Morgan fingerprint density at radius 2 is 1.88 bits per heavy atom. The van der Waals surface area contributed by atoms with Crippen LogP contribution < -0.4 is 0 Å². The molecule has 0 bridgehead atoms. The van der Waals surface area contributed by atoms with Crippen molar-refractivity contribution >= 4 is 20.9 Å². The van der Waals surface area contributed by atoms with E-state index < -0.39 is 10.0 Å². The highest BCUT2D eigenvalue weighted by Gasteiger charge is 2.30. The Balaban J connectivity index is 1.71. The first kappa shape index (κ1) is 16.4. The molecule has 0 amide bonds. The van der Waals surface area contributed by atoms with Crippen molar-refractivity contribution in [2.24, 2.45) is 0 Å². The number of nitrogens with one attached hydrogen (secondary N) is 1. The topological polar surface area (TPSA) is 53.2 Å². The third-order valence-electron chi connectivity index (χ3n) is 5.07. The second-order valence-corrected chi connectivity index (χ2v) is 8.66. The fraction of sp³-hybridized carbons (Fsp3) is 0.300. The molecule has 25 heavy (non-hydrogen) atoms. The van der Waals surface area contributed by atoms with Crippen LogP contribution in [0.2, 0.25) is 0 Å². The normalized spacial score (nSPS) is 15.4. The van der Waals surface area contributed by atoms with Crippen LogP contribution in [0.25, 0.3) is 10.9 Å². The highest BCUT2D eigenvalue weighted by molar-refractivity contribution is 7.89. The lowest BCUT2D eigenvalue weighted by Gasteiger charge is -2.26. The first-order chi connectivity index (χ1) is 12.0. The first-order valence-corrected chi connectivity index (χ1v) is 10.1. The maximum atomic E-state index is 13.0. The Hall–Kier alpha value is -2.11. The fourth-order valence-electron chi connectivity index (χ4n) is 3.55. The number of aromatic nitrogens is 1. The van der Waals surface area contributed by atoms with Gasteiger partial charge in [-0.2, -0.15) is 4.31 Å². The predicted octanol–water partition coefficient (Wildman–Crippen LogP) is 3.79. The summed E-state index contributed by atoms with van der Waals surface area (Å²) in [6, 6.07) is 13.5. The molecule has 2 aromatic carbocycles. The zero-order chi connectivity index (χ0) is 17.6. The molecule has 0 aliphatic carbocycles. The molecule has 0 saturated heterocycles. The summed E-state index contributed by atoms with van der Waals surface area (Å²) in [4.78, 5) is 3.83. The standard InChI is InChI=1S/C20H22N2O2S/c1-3-15-5-7-16(8-6-15)25(23,24)22-11-10-20-18(13-22)17-12-14(2)4-9-19(17)21-20/h4-9,12,21H,3,10-11,13H2,1-2H3. The van der Waals surface area contributed by atoms with Gasteiger partial charge in [0.15, 0.2) is 0 Å². The van der Waals surface area contributed by atoms with E-state index in [1.54, 1.807) is 16.4 Å². The van der Waals surface area contributed by atoms with E-state index in [4.69, 9.17) is 0 Å². The number of hydrogen-bond acceptors (Lipinski definition) is 2. The molecule has 5 heteroatoms. The van der Waals surface area contributed by atoms with Gasteiger partial charge in [-0.25, -0.2) is 8.42 Å². The molecule has 1 aliphatic heterocycles. The molecule has 1 N–H and O–H groups in total. The summed E-state index contributed by atoms with van der Waals surface area (Å²) in [5, 5.41) is 1.14. The Bertz CT molecular complexity index is 1030. The van der Waals surface area contributed by atoms with E-state index >= 15 is 0 Å². The monoisotopic (exact) mass is 354 g/mol. The highest BCUT2D eigenvalue weighted by Crippen LogP contribution is 2.31. The molecule has 0 radical (unpaired) electrons. The minimum atomic E-state index is -3.47. The van der Waals surface area contributed by atoms with Gasteiger partial charge < -0.3 is 4.98 Å². The summed E-state index contributed by atoms with van der Waals surface area (Å²) in [6.45, 7) is 5.06. The van der Waals surface area contributed by atoms with Crippen LogP contribution in [0.5, 0.6) is 0 Å². The number of benzene rings is 2. The summed E-state index contributed by atoms with van der Waals surface area (Å²) < 4.78 is 27.7. The summed E-state index contributed by atoms with van der Waals surface area (Å²) in [5.41, 5.74) is 5.69. The number of aromatic amines is 1. The third-order valence-corrected chi connectivity index (χ3v) is 6.92. The molecular weight excluding hydrogens is 332 g/mol. The van der Waals surface area contributed by atoms with Crippen molar-refractivity contribution in [2.75, 3.05) is 6.54 Å². The minimum absolute atomic E-state index is 0.379. The number of aryl methyl sites for hydroxylation is 2. The predicted molar refractivity (Wildman–Crippen MR) is 100 cm³/mol. The Morgan fingerprint density at radius 1 is 1.12 bits per heavy atom. The lowest BCUT2D eigenvalue weighted by atomic mass is 10.0. The van der Waals surface area contributed by atoms with Crippen molar-refractivity contribution in [1.29, 1.82) is 0 Å². The molecule has 4 rings (SSSR count). The number of H-pyrrole nitrogens is 1. The molecule has 4 nitrogen and oxygen atoms in total. The van der Waals surface area contributed by atoms with Gasteiger partial charge in [-0.15, -0.1) is 0 Å².